The molecule has 0 unspecified atom stereocenters. The van der Waals surface area contributed by atoms with Gasteiger partial charge in [-0.3, -0.25) is 0 Å². The lowest BCUT2D eigenvalue weighted by Gasteiger charge is -2.32. The molecule has 1 aliphatic heterocycles. The second-order valence-corrected chi connectivity index (χ2v) is 4.06. The number of piperidine rings is 1. The van der Waals surface area contributed by atoms with Crippen molar-refractivity contribution in [2.75, 3.05) is 31.7 Å². The maximum atomic E-state index is 9.17. The van der Waals surface area contributed by atoms with Crippen LogP contribution in [0.15, 0.2) is 12.4 Å². The van der Waals surface area contributed by atoms with E-state index in [1.54, 1.807) is 7.11 Å². The predicted molar refractivity (Wildman–Crippen MR) is 60.6 cm³/mol. The van der Waals surface area contributed by atoms with E-state index in [0.29, 0.717) is 11.8 Å². The van der Waals surface area contributed by atoms with Crippen molar-refractivity contribution in [2.24, 2.45) is 5.92 Å². The number of hydrogen-bond acceptors (Lipinski definition) is 5. The molecule has 0 aromatic carbocycles. The molecule has 1 atom stereocenters. The molecular formula is C11H17N3O2. The number of ether oxygens (including phenoxy) is 1. The van der Waals surface area contributed by atoms with Crippen LogP contribution in [-0.2, 0) is 0 Å². The lowest BCUT2D eigenvalue weighted by Crippen LogP contribution is -2.37. The molecule has 1 fully saturated rings. The van der Waals surface area contributed by atoms with E-state index in [0.717, 1.165) is 31.7 Å². The molecule has 2 rings (SSSR count). The van der Waals surface area contributed by atoms with E-state index in [4.69, 9.17) is 4.74 Å². The number of aliphatic hydroxyl groups excluding tert-OH is 1. The van der Waals surface area contributed by atoms with Gasteiger partial charge in [-0.1, -0.05) is 0 Å². The minimum Gasteiger partial charge on any atom is -0.481 e. The molecule has 88 valence electrons. The van der Waals surface area contributed by atoms with Crippen LogP contribution in [0.4, 0.5) is 5.82 Å². The van der Waals surface area contributed by atoms with Gasteiger partial charge in [-0.25, -0.2) is 9.97 Å². The first-order valence-corrected chi connectivity index (χ1v) is 5.55. The Morgan fingerprint density at radius 2 is 2.44 bits per heavy atom. The molecule has 0 saturated carbocycles. The summed E-state index contributed by atoms with van der Waals surface area (Å²) in [7, 11) is 1.60. The fraction of sp³-hybridized carbons (Fsp3) is 0.636. The van der Waals surface area contributed by atoms with Crippen LogP contribution >= 0.6 is 0 Å². The van der Waals surface area contributed by atoms with Crippen molar-refractivity contribution in [1.29, 1.82) is 0 Å². The van der Waals surface area contributed by atoms with E-state index >= 15 is 0 Å². The Bertz CT molecular complexity index is 346. The zero-order valence-electron chi connectivity index (χ0n) is 9.46. The van der Waals surface area contributed by atoms with E-state index in [2.05, 4.69) is 14.9 Å². The van der Waals surface area contributed by atoms with Gasteiger partial charge >= 0.3 is 0 Å². The average Bonchev–Trinajstić information content (AvgIpc) is 2.39. The largest absolute Gasteiger partial charge is 0.481 e. The number of rotatable bonds is 3. The Hall–Kier alpha value is -1.36. The van der Waals surface area contributed by atoms with Crippen LogP contribution in [0.25, 0.3) is 0 Å². The third-order valence-electron chi connectivity index (χ3n) is 2.94. The smallest absolute Gasteiger partial charge is 0.218 e. The number of aromatic nitrogens is 2. The van der Waals surface area contributed by atoms with Gasteiger partial charge in [-0.05, 0) is 18.8 Å². The molecule has 1 N–H and O–H groups in total. The van der Waals surface area contributed by atoms with Gasteiger partial charge in [0.2, 0.25) is 5.88 Å². The van der Waals surface area contributed by atoms with Gasteiger partial charge in [0.1, 0.15) is 12.1 Å². The summed E-state index contributed by atoms with van der Waals surface area (Å²) in [5, 5.41) is 9.17. The molecule has 1 saturated heterocycles. The van der Waals surface area contributed by atoms with Crippen molar-refractivity contribution in [3.63, 3.8) is 0 Å². The molecule has 1 aromatic rings. The summed E-state index contributed by atoms with van der Waals surface area (Å²) in [4.78, 5) is 10.4. The fourth-order valence-corrected chi connectivity index (χ4v) is 2.04. The number of hydrogen-bond donors (Lipinski definition) is 1. The standard InChI is InChI=1S/C11H17N3O2/c1-16-11-5-10(12-8-13-11)14-4-2-3-9(6-14)7-15/h5,8-9,15H,2-4,6-7H2,1H3/t9-/m1/s1. The molecule has 0 aliphatic carbocycles. The molecule has 1 aromatic heterocycles. The second kappa shape index (κ2) is 5.12. The predicted octanol–water partition coefficient (Wildman–Crippen LogP) is 0.694. The molecular weight excluding hydrogens is 206 g/mol. The normalized spacial score (nSPS) is 20.9. The monoisotopic (exact) mass is 223 g/mol. The summed E-state index contributed by atoms with van der Waals surface area (Å²) in [6.07, 6.45) is 3.70. The quantitative estimate of drug-likeness (QED) is 0.817. The molecule has 0 bridgehead atoms. The van der Waals surface area contributed by atoms with Crippen LogP contribution in [0.3, 0.4) is 0 Å². The summed E-state index contributed by atoms with van der Waals surface area (Å²) in [6.45, 7) is 2.09. The van der Waals surface area contributed by atoms with Gasteiger partial charge in [-0.2, -0.15) is 0 Å². The number of aliphatic hydroxyl groups is 1. The van der Waals surface area contributed by atoms with Crippen LogP contribution in [0.5, 0.6) is 5.88 Å². The van der Waals surface area contributed by atoms with Crippen LogP contribution in [-0.4, -0.2) is 41.9 Å². The van der Waals surface area contributed by atoms with Crippen molar-refractivity contribution in [3.8, 4) is 5.88 Å². The van der Waals surface area contributed by atoms with E-state index < -0.39 is 0 Å². The minimum atomic E-state index is 0.249. The Balaban J connectivity index is 2.10. The van der Waals surface area contributed by atoms with E-state index in [-0.39, 0.29) is 6.61 Å². The highest BCUT2D eigenvalue weighted by atomic mass is 16.5. The van der Waals surface area contributed by atoms with Crippen LogP contribution < -0.4 is 9.64 Å². The van der Waals surface area contributed by atoms with Gasteiger partial charge < -0.3 is 14.7 Å². The molecule has 0 spiro atoms. The maximum absolute atomic E-state index is 9.17. The Morgan fingerprint density at radius 1 is 1.56 bits per heavy atom. The molecule has 5 nitrogen and oxygen atoms in total. The summed E-state index contributed by atoms with van der Waals surface area (Å²) >= 11 is 0. The Labute approximate surface area is 95.1 Å². The zero-order valence-corrected chi connectivity index (χ0v) is 9.46. The molecule has 5 heteroatoms. The molecule has 1 aliphatic rings. The van der Waals surface area contributed by atoms with Crippen molar-refractivity contribution in [3.05, 3.63) is 12.4 Å². The average molecular weight is 223 g/mol. The van der Waals surface area contributed by atoms with Crippen LogP contribution in [0, 0.1) is 5.92 Å². The molecule has 2 heterocycles. The van der Waals surface area contributed by atoms with Crippen molar-refractivity contribution >= 4 is 5.82 Å². The van der Waals surface area contributed by atoms with Gasteiger partial charge in [0, 0.05) is 25.8 Å². The van der Waals surface area contributed by atoms with E-state index in [1.807, 2.05) is 6.07 Å². The van der Waals surface area contributed by atoms with Crippen LogP contribution in [0.2, 0.25) is 0 Å². The van der Waals surface area contributed by atoms with Crippen molar-refractivity contribution in [2.45, 2.75) is 12.8 Å². The van der Waals surface area contributed by atoms with Crippen LogP contribution in [0.1, 0.15) is 12.8 Å². The number of anilines is 1. The summed E-state index contributed by atoms with van der Waals surface area (Å²) in [5.41, 5.74) is 0. The first-order valence-electron chi connectivity index (χ1n) is 5.55. The highest BCUT2D eigenvalue weighted by Gasteiger charge is 2.20. The maximum Gasteiger partial charge on any atom is 0.218 e. The van der Waals surface area contributed by atoms with E-state index in [1.165, 1.54) is 6.33 Å². The topological polar surface area (TPSA) is 58.5 Å². The first kappa shape index (κ1) is 11.1. The molecule has 16 heavy (non-hydrogen) atoms. The van der Waals surface area contributed by atoms with Gasteiger partial charge in [0.25, 0.3) is 0 Å². The Morgan fingerprint density at radius 3 is 3.19 bits per heavy atom. The second-order valence-electron chi connectivity index (χ2n) is 4.06. The molecule has 0 amide bonds. The molecule has 0 radical (unpaired) electrons. The van der Waals surface area contributed by atoms with E-state index in [9.17, 15) is 5.11 Å². The summed E-state index contributed by atoms with van der Waals surface area (Å²) < 4.78 is 5.07. The van der Waals surface area contributed by atoms with Gasteiger partial charge in [0.05, 0.1) is 7.11 Å². The van der Waals surface area contributed by atoms with Crippen molar-refractivity contribution < 1.29 is 9.84 Å². The number of methoxy groups -OCH3 is 1. The summed E-state index contributed by atoms with van der Waals surface area (Å²) in [5.74, 6) is 1.82. The Kier molecular flexibility index (Phi) is 3.56. The highest BCUT2D eigenvalue weighted by Crippen LogP contribution is 2.22. The fourth-order valence-electron chi connectivity index (χ4n) is 2.04. The third-order valence-corrected chi connectivity index (χ3v) is 2.94. The highest BCUT2D eigenvalue weighted by molar-refractivity contribution is 5.41. The lowest BCUT2D eigenvalue weighted by molar-refractivity contribution is 0.208. The summed E-state index contributed by atoms with van der Waals surface area (Å²) in [6, 6.07) is 1.83. The third kappa shape index (κ3) is 2.41. The SMILES string of the molecule is COc1cc(N2CCC[C@@H](CO)C2)ncn1. The van der Waals surface area contributed by atoms with Gasteiger partial charge in [0.15, 0.2) is 0 Å². The zero-order chi connectivity index (χ0) is 11.4. The number of nitrogens with zero attached hydrogens (tertiary/aromatic N) is 3. The lowest BCUT2D eigenvalue weighted by atomic mass is 9.99. The van der Waals surface area contributed by atoms with Crippen molar-refractivity contribution in [1.82, 2.24) is 9.97 Å². The minimum absolute atomic E-state index is 0.249. The van der Waals surface area contributed by atoms with Gasteiger partial charge in [-0.15, -0.1) is 0 Å². The first-order chi connectivity index (χ1) is 7.83.